The molecule has 1 aliphatic rings. The third kappa shape index (κ3) is 1.31. The van der Waals surface area contributed by atoms with Crippen molar-refractivity contribution in [3.8, 4) is 0 Å². The van der Waals surface area contributed by atoms with E-state index in [2.05, 4.69) is 4.99 Å². The molecule has 9 heavy (non-hydrogen) atoms. The summed E-state index contributed by atoms with van der Waals surface area (Å²) in [5, 5.41) is 0. The van der Waals surface area contributed by atoms with Crippen molar-refractivity contribution in [2.24, 2.45) is 4.99 Å². The second-order valence-electron chi connectivity index (χ2n) is 2.01. The maximum absolute atomic E-state index is 5.19. The molecule has 1 rings (SSSR count). The molecular formula is C7H11NO. The SMILES string of the molecule is C/C=C(\C)C1=NCCO1. The van der Waals surface area contributed by atoms with Crippen LogP contribution in [0.1, 0.15) is 13.8 Å². The van der Waals surface area contributed by atoms with Gasteiger partial charge < -0.3 is 4.74 Å². The van der Waals surface area contributed by atoms with Crippen LogP contribution in [-0.4, -0.2) is 19.0 Å². The molecule has 0 unspecified atom stereocenters. The number of ether oxygens (including phenoxy) is 1. The lowest BCUT2D eigenvalue weighted by molar-refractivity contribution is 0.347. The predicted molar refractivity (Wildman–Crippen MR) is 37.7 cm³/mol. The van der Waals surface area contributed by atoms with Gasteiger partial charge in [0.15, 0.2) is 0 Å². The molecule has 0 bridgehead atoms. The van der Waals surface area contributed by atoms with E-state index >= 15 is 0 Å². The van der Waals surface area contributed by atoms with Crippen LogP contribution in [0.4, 0.5) is 0 Å². The summed E-state index contributed by atoms with van der Waals surface area (Å²) >= 11 is 0. The smallest absolute Gasteiger partial charge is 0.211 e. The number of hydrogen-bond donors (Lipinski definition) is 0. The molecule has 0 atom stereocenters. The van der Waals surface area contributed by atoms with Crippen LogP contribution in [0.15, 0.2) is 16.6 Å². The molecule has 0 N–H and O–H groups in total. The molecule has 0 amide bonds. The highest BCUT2D eigenvalue weighted by Gasteiger charge is 2.06. The molecule has 0 radical (unpaired) electrons. The zero-order valence-corrected chi connectivity index (χ0v) is 5.85. The van der Waals surface area contributed by atoms with Gasteiger partial charge in [-0.15, -0.1) is 0 Å². The van der Waals surface area contributed by atoms with Crippen molar-refractivity contribution >= 4 is 5.90 Å². The van der Waals surface area contributed by atoms with E-state index in [4.69, 9.17) is 4.74 Å². The van der Waals surface area contributed by atoms with E-state index < -0.39 is 0 Å². The van der Waals surface area contributed by atoms with Crippen LogP contribution in [-0.2, 0) is 4.74 Å². The number of nitrogens with zero attached hydrogens (tertiary/aromatic N) is 1. The van der Waals surface area contributed by atoms with Gasteiger partial charge in [-0.3, -0.25) is 0 Å². The van der Waals surface area contributed by atoms with Crippen LogP contribution in [0.2, 0.25) is 0 Å². The summed E-state index contributed by atoms with van der Waals surface area (Å²) in [4.78, 5) is 4.13. The van der Waals surface area contributed by atoms with Crippen molar-refractivity contribution < 1.29 is 4.74 Å². The van der Waals surface area contributed by atoms with Gasteiger partial charge in [0.1, 0.15) is 6.61 Å². The molecule has 0 aromatic carbocycles. The summed E-state index contributed by atoms with van der Waals surface area (Å²) in [6.45, 7) is 5.56. The fourth-order valence-corrected chi connectivity index (χ4v) is 0.697. The first-order valence-electron chi connectivity index (χ1n) is 3.15. The van der Waals surface area contributed by atoms with Gasteiger partial charge >= 0.3 is 0 Å². The fraction of sp³-hybridized carbons (Fsp3) is 0.571. The zero-order chi connectivity index (χ0) is 6.69. The minimum Gasteiger partial charge on any atom is -0.476 e. The van der Waals surface area contributed by atoms with E-state index in [1.54, 1.807) is 0 Å². The van der Waals surface area contributed by atoms with E-state index in [-0.39, 0.29) is 0 Å². The molecule has 0 aromatic heterocycles. The molecule has 50 valence electrons. The number of hydrogen-bond acceptors (Lipinski definition) is 2. The number of allylic oxidation sites excluding steroid dienone is 1. The fourth-order valence-electron chi connectivity index (χ4n) is 0.697. The lowest BCUT2D eigenvalue weighted by Crippen LogP contribution is -1.99. The Kier molecular flexibility index (Phi) is 1.88. The summed E-state index contributed by atoms with van der Waals surface area (Å²) in [7, 11) is 0. The lowest BCUT2D eigenvalue weighted by atomic mass is 10.3. The Hall–Kier alpha value is -0.790. The molecule has 0 aromatic rings. The normalized spacial score (nSPS) is 19.3. The van der Waals surface area contributed by atoms with Gasteiger partial charge in [0, 0.05) is 5.57 Å². The topological polar surface area (TPSA) is 21.6 Å². The largest absolute Gasteiger partial charge is 0.476 e. The quantitative estimate of drug-likeness (QED) is 0.518. The Morgan fingerprint density at radius 3 is 3.00 bits per heavy atom. The minimum absolute atomic E-state index is 0.751. The van der Waals surface area contributed by atoms with Gasteiger partial charge in [0.25, 0.3) is 0 Å². The molecule has 0 aliphatic carbocycles. The second kappa shape index (κ2) is 2.67. The third-order valence-corrected chi connectivity index (χ3v) is 1.36. The molecular weight excluding hydrogens is 114 g/mol. The van der Waals surface area contributed by atoms with Gasteiger partial charge in [0.2, 0.25) is 5.90 Å². The average molecular weight is 125 g/mol. The molecule has 1 aliphatic heterocycles. The van der Waals surface area contributed by atoms with Crippen molar-refractivity contribution in [2.45, 2.75) is 13.8 Å². The Morgan fingerprint density at radius 2 is 2.56 bits per heavy atom. The van der Waals surface area contributed by atoms with E-state index in [9.17, 15) is 0 Å². The molecule has 2 nitrogen and oxygen atoms in total. The van der Waals surface area contributed by atoms with E-state index in [1.165, 1.54) is 0 Å². The zero-order valence-electron chi connectivity index (χ0n) is 5.85. The predicted octanol–water partition coefficient (Wildman–Crippen LogP) is 1.38. The van der Waals surface area contributed by atoms with Crippen LogP contribution in [0.3, 0.4) is 0 Å². The Bertz CT molecular complexity index is 158. The Balaban J connectivity index is 2.61. The minimum atomic E-state index is 0.751. The van der Waals surface area contributed by atoms with Gasteiger partial charge in [-0.2, -0.15) is 0 Å². The first kappa shape index (κ1) is 6.33. The van der Waals surface area contributed by atoms with Crippen LogP contribution in [0.5, 0.6) is 0 Å². The third-order valence-electron chi connectivity index (χ3n) is 1.36. The highest BCUT2D eigenvalue weighted by atomic mass is 16.5. The van der Waals surface area contributed by atoms with Crippen LogP contribution in [0, 0.1) is 0 Å². The summed E-state index contributed by atoms with van der Waals surface area (Å²) in [6, 6.07) is 0. The van der Waals surface area contributed by atoms with E-state index in [1.807, 2.05) is 19.9 Å². The van der Waals surface area contributed by atoms with Gasteiger partial charge in [0.05, 0.1) is 6.54 Å². The summed E-state index contributed by atoms with van der Waals surface area (Å²) in [5.74, 6) is 0.817. The van der Waals surface area contributed by atoms with Crippen LogP contribution >= 0.6 is 0 Å². The monoisotopic (exact) mass is 125 g/mol. The van der Waals surface area contributed by atoms with E-state index in [0.29, 0.717) is 0 Å². The standard InChI is InChI=1S/C7H11NO/c1-3-6(2)7-8-4-5-9-7/h3H,4-5H2,1-2H3/b6-3+. The van der Waals surface area contributed by atoms with Crippen molar-refractivity contribution in [1.29, 1.82) is 0 Å². The van der Waals surface area contributed by atoms with Crippen molar-refractivity contribution in [1.82, 2.24) is 0 Å². The second-order valence-corrected chi connectivity index (χ2v) is 2.01. The molecule has 0 saturated carbocycles. The molecule has 0 fully saturated rings. The van der Waals surface area contributed by atoms with Gasteiger partial charge in [-0.25, -0.2) is 4.99 Å². The highest BCUT2D eigenvalue weighted by molar-refractivity contribution is 5.93. The summed E-state index contributed by atoms with van der Waals surface area (Å²) in [5.41, 5.74) is 1.13. The Morgan fingerprint density at radius 1 is 1.78 bits per heavy atom. The van der Waals surface area contributed by atoms with E-state index in [0.717, 1.165) is 24.6 Å². The maximum Gasteiger partial charge on any atom is 0.211 e. The maximum atomic E-state index is 5.19. The van der Waals surface area contributed by atoms with Crippen molar-refractivity contribution in [3.05, 3.63) is 11.6 Å². The number of rotatable bonds is 1. The summed E-state index contributed by atoms with van der Waals surface area (Å²) in [6.07, 6.45) is 2.00. The number of aliphatic imine (C=N–C) groups is 1. The van der Waals surface area contributed by atoms with Gasteiger partial charge in [-0.05, 0) is 13.8 Å². The molecule has 2 heteroatoms. The van der Waals surface area contributed by atoms with Crippen molar-refractivity contribution in [2.75, 3.05) is 13.2 Å². The van der Waals surface area contributed by atoms with Gasteiger partial charge in [-0.1, -0.05) is 6.08 Å². The molecule has 0 saturated heterocycles. The Labute approximate surface area is 55.2 Å². The van der Waals surface area contributed by atoms with Crippen LogP contribution in [0.25, 0.3) is 0 Å². The van der Waals surface area contributed by atoms with Crippen LogP contribution < -0.4 is 0 Å². The summed E-state index contributed by atoms with van der Waals surface area (Å²) < 4.78 is 5.19. The lowest BCUT2D eigenvalue weighted by Gasteiger charge is -1.97. The average Bonchev–Trinajstić information content (AvgIpc) is 2.37. The first-order valence-corrected chi connectivity index (χ1v) is 3.15. The molecule has 1 heterocycles. The highest BCUT2D eigenvalue weighted by Crippen LogP contribution is 2.03. The first-order chi connectivity index (χ1) is 4.34. The molecule has 0 spiro atoms. The van der Waals surface area contributed by atoms with Crippen molar-refractivity contribution in [3.63, 3.8) is 0 Å².